The average Bonchev–Trinajstić information content (AvgIpc) is 3.39. The molecule has 1 heterocycles. The molecule has 0 amide bonds. The second-order valence-electron chi connectivity index (χ2n) is 8.88. The molecular formula is C31H20BN. The molecule has 1 nitrogen and oxygen atoms in total. The van der Waals surface area contributed by atoms with Crippen molar-refractivity contribution in [2.24, 2.45) is 0 Å². The Morgan fingerprint density at radius 1 is 0.545 bits per heavy atom. The third kappa shape index (κ3) is 2.81. The van der Waals surface area contributed by atoms with E-state index < -0.39 is 0 Å². The fourth-order valence-corrected chi connectivity index (χ4v) is 5.37. The molecule has 0 unspecified atom stereocenters. The monoisotopic (exact) mass is 417 g/mol. The number of aromatic nitrogens is 1. The van der Waals surface area contributed by atoms with Gasteiger partial charge in [-0.15, -0.1) is 0 Å². The Bertz CT molecular complexity index is 1640. The van der Waals surface area contributed by atoms with E-state index in [1.54, 1.807) is 0 Å². The van der Waals surface area contributed by atoms with Crippen molar-refractivity contribution in [2.45, 2.75) is 6.42 Å². The van der Waals surface area contributed by atoms with E-state index in [4.69, 9.17) is 7.85 Å². The van der Waals surface area contributed by atoms with Crippen molar-refractivity contribution in [2.75, 3.05) is 0 Å². The molecule has 0 saturated heterocycles. The summed E-state index contributed by atoms with van der Waals surface area (Å²) in [6.45, 7) is 0. The van der Waals surface area contributed by atoms with Gasteiger partial charge in [0.25, 0.3) is 0 Å². The van der Waals surface area contributed by atoms with Crippen LogP contribution < -0.4 is 5.46 Å². The predicted molar refractivity (Wildman–Crippen MR) is 140 cm³/mol. The minimum atomic E-state index is 0.822. The number of fused-ring (bicyclic) bond motifs is 6. The Kier molecular flexibility index (Phi) is 3.92. The second-order valence-corrected chi connectivity index (χ2v) is 8.88. The van der Waals surface area contributed by atoms with Crippen molar-refractivity contribution in [1.82, 2.24) is 4.57 Å². The molecule has 6 aromatic rings. The van der Waals surface area contributed by atoms with Crippen molar-refractivity contribution in [3.05, 3.63) is 120 Å². The maximum absolute atomic E-state index is 6.08. The first-order valence-electron chi connectivity index (χ1n) is 11.4. The maximum atomic E-state index is 6.08. The molecule has 0 saturated carbocycles. The first-order valence-corrected chi connectivity index (χ1v) is 11.4. The van der Waals surface area contributed by atoms with Gasteiger partial charge >= 0.3 is 0 Å². The topological polar surface area (TPSA) is 4.93 Å². The van der Waals surface area contributed by atoms with Crippen LogP contribution in [0.25, 0.3) is 49.7 Å². The Morgan fingerprint density at radius 2 is 1.12 bits per heavy atom. The van der Waals surface area contributed by atoms with Gasteiger partial charge < -0.3 is 4.57 Å². The van der Waals surface area contributed by atoms with Crippen LogP contribution in [0.5, 0.6) is 0 Å². The normalized spacial score (nSPS) is 12.2. The zero-order valence-electron chi connectivity index (χ0n) is 18.1. The van der Waals surface area contributed by atoms with E-state index in [2.05, 4.69) is 108 Å². The van der Waals surface area contributed by atoms with Crippen LogP contribution in [-0.4, -0.2) is 12.4 Å². The fraction of sp³-hybridized carbons (Fsp3) is 0.0323. The van der Waals surface area contributed by atoms with Crippen molar-refractivity contribution < 1.29 is 0 Å². The van der Waals surface area contributed by atoms with E-state index in [0.717, 1.165) is 11.9 Å². The Hall–Kier alpha value is -4.04. The lowest BCUT2D eigenvalue weighted by molar-refractivity contribution is 1.18. The van der Waals surface area contributed by atoms with Gasteiger partial charge in [0.15, 0.2) is 0 Å². The van der Waals surface area contributed by atoms with Crippen LogP contribution in [0.2, 0.25) is 0 Å². The van der Waals surface area contributed by atoms with E-state index >= 15 is 0 Å². The molecule has 1 aliphatic carbocycles. The molecular weight excluding hydrogens is 397 g/mol. The summed E-state index contributed by atoms with van der Waals surface area (Å²) in [5, 5.41) is 2.57. The molecule has 1 aliphatic rings. The summed E-state index contributed by atoms with van der Waals surface area (Å²) in [7, 11) is 6.08. The lowest BCUT2D eigenvalue weighted by atomic mass is 9.91. The van der Waals surface area contributed by atoms with Crippen LogP contribution in [-0.2, 0) is 6.42 Å². The van der Waals surface area contributed by atoms with E-state index in [-0.39, 0.29) is 0 Å². The quantitative estimate of drug-likeness (QED) is 0.272. The van der Waals surface area contributed by atoms with Crippen LogP contribution in [0.15, 0.2) is 109 Å². The smallest absolute Gasteiger partial charge is 0.113 e. The molecule has 152 valence electrons. The Labute approximate surface area is 194 Å². The van der Waals surface area contributed by atoms with E-state index in [1.807, 2.05) is 6.07 Å². The van der Waals surface area contributed by atoms with Crippen molar-refractivity contribution in [3.8, 4) is 27.9 Å². The van der Waals surface area contributed by atoms with Crippen molar-refractivity contribution in [3.63, 3.8) is 0 Å². The fourth-order valence-electron chi connectivity index (χ4n) is 5.37. The number of hydrogen-bond donors (Lipinski definition) is 0. The standard InChI is InChI=1S/C31H20BN/c32-24-14-11-23-17-22-10-9-21(18-28(22)29(23)19-24)20-12-15-25(16-13-20)33-30-7-3-1-5-26(30)27-6-2-4-8-31(27)33/h1-16,18-19H,17H2. The van der Waals surface area contributed by atoms with Crippen LogP contribution in [0.4, 0.5) is 0 Å². The van der Waals surface area contributed by atoms with Crippen LogP contribution in [0.3, 0.4) is 0 Å². The third-order valence-corrected chi connectivity index (χ3v) is 6.95. The van der Waals surface area contributed by atoms with Gasteiger partial charge in [-0.2, -0.15) is 0 Å². The summed E-state index contributed by atoms with van der Waals surface area (Å²) >= 11 is 0. The highest BCUT2D eigenvalue weighted by Gasteiger charge is 2.19. The van der Waals surface area contributed by atoms with Gasteiger partial charge in [0.2, 0.25) is 0 Å². The number of nitrogens with zero attached hydrogens (tertiary/aromatic N) is 1. The van der Waals surface area contributed by atoms with Crippen LogP contribution in [0, 0.1) is 0 Å². The molecule has 0 spiro atoms. The highest BCUT2D eigenvalue weighted by molar-refractivity contribution is 6.32. The molecule has 7 rings (SSSR count). The molecule has 1 aromatic heterocycles. The van der Waals surface area contributed by atoms with Crippen molar-refractivity contribution >= 4 is 35.1 Å². The van der Waals surface area contributed by atoms with Gasteiger partial charge in [0.1, 0.15) is 7.85 Å². The molecule has 0 N–H and O–H groups in total. The predicted octanol–water partition coefficient (Wildman–Crippen LogP) is 6.82. The van der Waals surface area contributed by atoms with Gasteiger partial charge in [-0.3, -0.25) is 0 Å². The lowest BCUT2D eigenvalue weighted by Crippen LogP contribution is -2.01. The largest absolute Gasteiger partial charge is 0.309 e. The molecule has 0 aliphatic heterocycles. The third-order valence-electron chi connectivity index (χ3n) is 6.95. The molecule has 33 heavy (non-hydrogen) atoms. The molecule has 0 atom stereocenters. The van der Waals surface area contributed by atoms with Gasteiger partial charge in [-0.1, -0.05) is 84.3 Å². The van der Waals surface area contributed by atoms with Crippen molar-refractivity contribution in [1.29, 1.82) is 0 Å². The zero-order valence-corrected chi connectivity index (χ0v) is 18.1. The Balaban J connectivity index is 1.33. The number of benzene rings is 5. The lowest BCUT2D eigenvalue weighted by Gasteiger charge is -2.10. The Morgan fingerprint density at radius 3 is 1.82 bits per heavy atom. The van der Waals surface area contributed by atoms with Gasteiger partial charge in [-0.25, -0.2) is 0 Å². The second kappa shape index (κ2) is 6.98. The van der Waals surface area contributed by atoms with E-state index in [9.17, 15) is 0 Å². The molecule has 0 bridgehead atoms. The van der Waals surface area contributed by atoms with Gasteiger partial charge in [0, 0.05) is 16.5 Å². The summed E-state index contributed by atoms with van der Waals surface area (Å²) in [6, 6.07) is 39.3. The number of rotatable bonds is 2. The molecule has 2 heteroatoms. The number of para-hydroxylation sites is 2. The van der Waals surface area contributed by atoms with Crippen LogP contribution >= 0.6 is 0 Å². The highest BCUT2D eigenvalue weighted by atomic mass is 15.0. The first kappa shape index (κ1) is 18.5. The van der Waals surface area contributed by atoms with Gasteiger partial charge in [0.05, 0.1) is 11.0 Å². The van der Waals surface area contributed by atoms with E-state index in [0.29, 0.717) is 0 Å². The highest BCUT2D eigenvalue weighted by Crippen LogP contribution is 2.39. The SMILES string of the molecule is [B]c1ccc2c(c1)-c1cc(-c3ccc(-n4c5ccccc5c5ccccc54)cc3)ccc1C2. The average molecular weight is 417 g/mol. The maximum Gasteiger partial charge on any atom is 0.113 e. The molecule has 2 radical (unpaired) electrons. The van der Waals surface area contributed by atoms with Gasteiger partial charge in [-0.05, 0) is 70.1 Å². The van der Waals surface area contributed by atoms with E-state index in [1.165, 1.54) is 60.9 Å². The summed E-state index contributed by atoms with van der Waals surface area (Å²) < 4.78 is 2.36. The first-order chi connectivity index (χ1) is 16.3. The molecule has 0 fully saturated rings. The summed E-state index contributed by atoms with van der Waals surface area (Å²) in [4.78, 5) is 0. The minimum Gasteiger partial charge on any atom is -0.309 e. The zero-order chi connectivity index (χ0) is 21.9. The van der Waals surface area contributed by atoms with Crippen LogP contribution in [0.1, 0.15) is 11.1 Å². The summed E-state index contributed by atoms with van der Waals surface area (Å²) in [5.74, 6) is 0. The summed E-state index contributed by atoms with van der Waals surface area (Å²) in [5.41, 5.74) is 12.2. The molecule has 5 aromatic carbocycles. The minimum absolute atomic E-state index is 0.822. The summed E-state index contributed by atoms with van der Waals surface area (Å²) in [6.07, 6.45) is 0.984. The number of hydrogen-bond acceptors (Lipinski definition) is 0.